The molecule has 138 valence electrons. The molecule has 2 aliphatic rings. The van der Waals surface area contributed by atoms with Crippen molar-refractivity contribution in [3.05, 3.63) is 27.4 Å². The summed E-state index contributed by atoms with van der Waals surface area (Å²) in [6.45, 7) is 7.70. The van der Waals surface area contributed by atoms with Crippen LogP contribution in [0.5, 0.6) is 0 Å². The lowest BCUT2D eigenvalue weighted by Crippen LogP contribution is -2.63. The van der Waals surface area contributed by atoms with Crippen LogP contribution in [-0.2, 0) is 16.0 Å². The second-order valence-corrected chi connectivity index (χ2v) is 7.30. The number of carbonyl (C=O) groups is 1. The highest BCUT2D eigenvalue weighted by molar-refractivity contribution is 5.76. The molecule has 25 heavy (non-hydrogen) atoms. The van der Waals surface area contributed by atoms with Crippen molar-refractivity contribution in [3.63, 3.8) is 0 Å². The highest BCUT2D eigenvalue weighted by Gasteiger charge is 2.42. The second-order valence-electron chi connectivity index (χ2n) is 7.30. The largest absolute Gasteiger partial charge is 0.381 e. The Labute approximate surface area is 148 Å². The second kappa shape index (κ2) is 7.25. The van der Waals surface area contributed by atoms with Gasteiger partial charge >= 0.3 is 5.69 Å². The topological polar surface area (TPSA) is 78.5 Å². The van der Waals surface area contributed by atoms with Gasteiger partial charge in [-0.1, -0.05) is 0 Å². The van der Waals surface area contributed by atoms with Crippen molar-refractivity contribution >= 4 is 5.91 Å². The molecule has 1 spiro atoms. The molecular formula is C18H28N4O3. The van der Waals surface area contributed by atoms with Crippen molar-refractivity contribution in [2.75, 3.05) is 39.9 Å². The summed E-state index contributed by atoms with van der Waals surface area (Å²) in [6.07, 6.45) is 3.03. The summed E-state index contributed by atoms with van der Waals surface area (Å²) in [7, 11) is 2.16. The third-order valence-corrected chi connectivity index (χ3v) is 5.82. The van der Waals surface area contributed by atoms with Crippen LogP contribution in [0.15, 0.2) is 4.79 Å². The highest BCUT2D eigenvalue weighted by atomic mass is 16.5. The highest BCUT2D eigenvalue weighted by Crippen LogP contribution is 2.31. The van der Waals surface area contributed by atoms with E-state index < -0.39 is 0 Å². The molecule has 1 N–H and O–H groups in total. The van der Waals surface area contributed by atoms with Crippen molar-refractivity contribution in [2.24, 2.45) is 0 Å². The van der Waals surface area contributed by atoms with Gasteiger partial charge in [0, 0.05) is 56.2 Å². The number of aryl methyl sites for hydroxylation is 2. The van der Waals surface area contributed by atoms with Gasteiger partial charge in [-0.25, -0.2) is 4.79 Å². The Balaban J connectivity index is 1.65. The molecule has 0 saturated carbocycles. The first kappa shape index (κ1) is 18.1. The number of piperazine rings is 1. The van der Waals surface area contributed by atoms with E-state index in [1.165, 1.54) is 0 Å². The molecule has 2 aliphatic heterocycles. The Kier molecular flexibility index (Phi) is 5.24. The average molecular weight is 348 g/mol. The molecule has 7 heteroatoms. The Hall–Kier alpha value is -1.73. The lowest BCUT2D eigenvalue weighted by Gasteiger charge is -2.51. The molecule has 0 atom stereocenters. The van der Waals surface area contributed by atoms with Crippen molar-refractivity contribution in [1.29, 1.82) is 0 Å². The number of hydrogen-bond acceptors (Lipinski definition) is 5. The Morgan fingerprint density at radius 1 is 1.28 bits per heavy atom. The smallest absolute Gasteiger partial charge is 0.345 e. The molecule has 1 aromatic rings. The summed E-state index contributed by atoms with van der Waals surface area (Å²) in [5, 5.41) is 0. The van der Waals surface area contributed by atoms with Gasteiger partial charge in [0.1, 0.15) is 0 Å². The molecular weight excluding hydrogens is 320 g/mol. The van der Waals surface area contributed by atoms with Crippen molar-refractivity contribution < 1.29 is 9.53 Å². The molecule has 0 bridgehead atoms. The van der Waals surface area contributed by atoms with Crippen molar-refractivity contribution in [2.45, 2.75) is 45.1 Å². The SMILES string of the molecule is Cc1nc(=O)[nH]c(C)c1CCC(=O)N1CCN(C)C2(CCOCC2)C1. The summed E-state index contributed by atoms with van der Waals surface area (Å²) in [4.78, 5) is 35.3. The van der Waals surface area contributed by atoms with E-state index in [9.17, 15) is 9.59 Å². The number of amides is 1. The predicted molar refractivity (Wildman–Crippen MR) is 94.6 cm³/mol. The number of aromatic nitrogens is 2. The summed E-state index contributed by atoms with van der Waals surface area (Å²) in [5.74, 6) is 0.184. The minimum atomic E-state index is -0.328. The van der Waals surface area contributed by atoms with Crippen LogP contribution >= 0.6 is 0 Å². The number of likely N-dealkylation sites (N-methyl/N-ethyl adjacent to an activating group) is 1. The number of aromatic amines is 1. The Morgan fingerprint density at radius 2 is 2.00 bits per heavy atom. The van der Waals surface area contributed by atoms with Gasteiger partial charge in [0.15, 0.2) is 0 Å². The van der Waals surface area contributed by atoms with E-state index in [-0.39, 0.29) is 17.1 Å². The first-order valence-corrected chi connectivity index (χ1v) is 9.04. The number of hydrogen-bond donors (Lipinski definition) is 1. The average Bonchev–Trinajstić information content (AvgIpc) is 2.57. The zero-order valence-corrected chi connectivity index (χ0v) is 15.4. The minimum absolute atomic E-state index is 0.0670. The maximum absolute atomic E-state index is 12.8. The maximum atomic E-state index is 12.8. The standard InChI is InChI=1S/C18H28N4O3/c1-13-15(14(2)20-17(24)19-13)4-5-16(23)22-9-8-21(3)18(12-22)6-10-25-11-7-18/h4-12H2,1-3H3,(H,19,20,24). The quantitative estimate of drug-likeness (QED) is 0.867. The number of ether oxygens (including phenoxy) is 1. The summed E-state index contributed by atoms with van der Waals surface area (Å²) < 4.78 is 5.52. The van der Waals surface area contributed by atoms with E-state index >= 15 is 0 Å². The molecule has 0 aliphatic carbocycles. The van der Waals surface area contributed by atoms with Gasteiger partial charge in [-0.3, -0.25) is 9.69 Å². The van der Waals surface area contributed by atoms with Gasteiger partial charge in [0.2, 0.25) is 5.91 Å². The maximum Gasteiger partial charge on any atom is 0.345 e. The van der Waals surface area contributed by atoms with Crippen LogP contribution in [0.2, 0.25) is 0 Å². The van der Waals surface area contributed by atoms with Crippen LogP contribution < -0.4 is 5.69 Å². The lowest BCUT2D eigenvalue weighted by molar-refractivity contribution is -0.139. The fourth-order valence-corrected chi connectivity index (χ4v) is 4.08. The molecule has 3 heterocycles. The molecule has 1 aromatic heterocycles. The fourth-order valence-electron chi connectivity index (χ4n) is 4.08. The van der Waals surface area contributed by atoms with Gasteiger partial charge in [-0.05, 0) is 45.7 Å². The molecule has 7 nitrogen and oxygen atoms in total. The predicted octanol–water partition coefficient (Wildman–Crippen LogP) is 0.643. The van der Waals surface area contributed by atoms with Gasteiger partial charge in [-0.15, -0.1) is 0 Å². The molecule has 0 aromatic carbocycles. The van der Waals surface area contributed by atoms with E-state index in [1.807, 2.05) is 18.7 Å². The van der Waals surface area contributed by atoms with Crippen LogP contribution in [-0.4, -0.2) is 71.1 Å². The zero-order chi connectivity index (χ0) is 18.0. The van der Waals surface area contributed by atoms with Crippen LogP contribution in [0.1, 0.15) is 36.2 Å². The molecule has 3 rings (SSSR count). The van der Waals surface area contributed by atoms with Gasteiger partial charge < -0.3 is 14.6 Å². The number of carbonyl (C=O) groups excluding carboxylic acids is 1. The molecule has 0 unspecified atom stereocenters. The Morgan fingerprint density at radius 3 is 2.68 bits per heavy atom. The normalized spacial score (nSPS) is 20.8. The summed E-state index contributed by atoms with van der Waals surface area (Å²) >= 11 is 0. The summed E-state index contributed by atoms with van der Waals surface area (Å²) in [6, 6.07) is 0. The van der Waals surface area contributed by atoms with Gasteiger partial charge in [0.25, 0.3) is 0 Å². The molecule has 0 radical (unpaired) electrons. The van der Waals surface area contributed by atoms with Crippen LogP contribution in [0, 0.1) is 13.8 Å². The zero-order valence-electron chi connectivity index (χ0n) is 15.4. The van der Waals surface area contributed by atoms with Crippen LogP contribution in [0.25, 0.3) is 0 Å². The minimum Gasteiger partial charge on any atom is -0.381 e. The van der Waals surface area contributed by atoms with Crippen LogP contribution in [0.4, 0.5) is 0 Å². The van der Waals surface area contributed by atoms with E-state index in [4.69, 9.17) is 4.74 Å². The van der Waals surface area contributed by atoms with Gasteiger partial charge in [0.05, 0.1) is 0 Å². The van der Waals surface area contributed by atoms with Crippen LogP contribution in [0.3, 0.4) is 0 Å². The monoisotopic (exact) mass is 348 g/mol. The van der Waals surface area contributed by atoms with Crippen molar-refractivity contribution in [1.82, 2.24) is 19.8 Å². The summed E-state index contributed by atoms with van der Waals surface area (Å²) in [5.41, 5.74) is 2.24. The fraction of sp³-hybridized carbons (Fsp3) is 0.722. The van der Waals surface area contributed by atoms with E-state index in [0.717, 1.165) is 56.9 Å². The third kappa shape index (κ3) is 3.77. The molecule has 1 amide bonds. The number of nitrogens with one attached hydrogen (secondary N) is 1. The first-order chi connectivity index (χ1) is 11.9. The molecule has 2 saturated heterocycles. The lowest BCUT2D eigenvalue weighted by atomic mass is 9.86. The van der Waals surface area contributed by atoms with Gasteiger partial charge in [-0.2, -0.15) is 4.98 Å². The first-order valence-electron chi connectivity index (χ1n) is 9.04. The Bertz CT molecular complexity index is 668. The molecule has 2 fully saturated rings. The van der Waals surface area contributed by atoms with E-state index in [0.29, 0.717) is 18.5 Å². The van der Waals surface area contributed by atoms with Crippen molar-refractivity contribution in [3.8, 4) is 0 Å². The number of rotatable bonds is 3. The van der Waals surface area contributed by atoms with E-state index in [2.05, 4.69) is 21.9 Å². The number of nitrogens with zero attached hydrogens (tertiary/aromatic N) is 3. The number of H-pyrrole nitrogens is 1. The van der Waals surface area contributed by atoms with E-state index in [1.54, 1.807) is 0 Å². The third-order valence-electron chi connectivity index (χ3n) is 5.82.